The van der Waals surface area contributed by atoms with Gasteiger partial charge in [-0.05, 0) is 18.9 Å². The smallest absolute Gasteiger partial charge is 0.257 e. The maximum absolute atomic E-state index is 12.2. The molecule has 0 bridgehead atoms. The van der Waals surface area contributed by atoms with Gasteiger partial charge < -0.3 is 14.7 Å². The summed E-state index contributed by atoms with van der Waals surface area (Å²) < 4.78 is 5.12. The molecule has 1 fully saturated rings. The fourth-order valence-electron chi connectivity index (χ4n) is 1.96. The minimum absolute atomic E-state index is 0.0591. The zero-order valence-electron chi connectivity index (χ0n) is 9.80. The Kier molecular flexibility index (Phi) is 3.58. The standard InChI is InChI=1S/C12H16N2O3/c1-17-11-8-13-5-2-10(11)12(16)14-6-3-9(15)4-7-14/h2,5,8-9,15H,3-4,6-7H2,1H3. The van der Waals surface area contributed by atoms with Gasteiger partial charge in [0.1, 0.15) is 5.75 Å². The summed E-state index contributed by atoms with van der Waals surface area (Å²) in [5, 5.41) is 9.41. The lowest BCUT2D eigenvalue weighted by atomic mass is 10.1. The number of carbonyl (C=O) groups is 1. The molecule has 17 heavy (non-hydrogen) atoms. The van der Waals surface area contributed by atoms with Crippen LogP contribution in [0.2, 0.25) is 0 Å². The van der Waals surface area contributed by atoms with Crippen LogP contribution >= 0.6 is 0 Å². The van der Waals surface area contributed by atoms with Gasteiger partial charge in [0.2, 0.25) is 0 Å². The second-order valence-electron chi connectivity index (χ2n) is 4.10. The van der Waals surface area contributed by atoms with Crippen LogP contribution in [0.25, 0.3) is 0 Å². The molecule has 1 aliphatic rings. The van der Waals surface area contributed by atoms with Crippen molar-refractivity contribution in [3.63, 3.8) is 0 Å². The SMILES string of the molecule is COc1cnccc1C(=O)N1CCC(O)CC1. The highest BCUT2D eigenvalue weighted by Crippen LogP contribution is 2.20. The zero-order chi connectivity index (χ0) is 12.3. The molecular formula is C12H16N2O3. The number of rotatable bonds is 2. The van der Waals surface area contributed by atoms with Gasteiger partial charge in [-0.3, -0.25) is 9.78 Å². The van der Waals surface area contributed by atoms with Crippen LogP contribution in [0.15, 0.2) is 18.5 Å². The van der Waals surface area contributed by atoms with E-state index in [1.165, 1.54) is 13.3 Å². The molecule has 0 aliphatic carbocycles. The van der Waals surface area contributed by atoms with E-state index in [4.69, 9.17) is 4.74 Å². The lowest BCUT2D eigenvalue weighted by Crippen LogP contribution is -2.40. The molecule has 1 amide bonds. The molecule has 1 N–H and O–H groups in total. The number of aliphatic hydroxyl groups is 1. The van der Waals surface area contributed by atoms with E-state index in [2.05, 4.69) is 4.98 Å². The van der Waals surface area contributed by atoms with E-state index in [9.17, 15) is 9.90 Å². The number of nitrogens with zero attached hydrogens (tertiary/aromatic N) is 2. The zero-order valence-corrected chi connectivity index (χ0v) is 9.80. The second kappa shape index (κ2) is 5.14. The van der Waals surface area contributed by atoms with Crippen molar-refractivity contribution in [2.75, 3.05) is 20.2 Å². The fourth-order valence-corrected chi connectivity index (χ4v) is 1.96. The van der Waals surface area contributed by atoms with E-state index in [-0.39, 0.29) is 12.0 Å². The highest BCUT2D eigenvalue weighted by molar-refractivity contribution is 5.96. The van der Waals surface area contributed by atoms with Crippen molar-refractivity contribution in [2.24, 2.45) is 0 Å². The Labute approximate surface area is 100 Å². The predicted molar refractivity (Wildman–Crippen MR) is 61.9 cm³/mol. The van der Waals surface area contributed by atoms with Gasteiger partial charge in [-0.25, -0.2) is 0 Å². The van der Waals surface area contributed by atoms with E-state index in [0.29, 0.717) is 37.2 Å². The van der Waals surface area contributed by atoms with Gasteiger partial charge in [0.05, 0.1) is 25.0 Å². The number of hydrogen-bond donors (Lipinski definition) is 1. The van der Waals surface area contributed by atoms with Gasteiger partial charge in [0.15, 0.2) is 0 Å². The summed E-state index contributed by atoms with van der Waals surface area (Å²) in [7, 11) is 1.52. The summed E-state index contributed by atoms with van der Waals surface area (Å²) >= 11 is 0. The monoisotopic (exact) mass is 236 g/mol. The summed E-state index contributed by atoms with van der Waals surface area (Å²) in [4.78, 5) is 17.9. The van der Waals surface area contributed by atoms with Crippen molar-refractivity contribution in [2.45, 2.75) is 18.9 Å². The summed E-state index contributed by atoms with van der Waals surface area (Å²) in [6, 6.07) is 1.66. The summed E-state index contributed by atoms with van der Waals surface area (Å²) in [5.74, 6) is 0.430. The highest BCUT2D eigenvalue weighted by Gasteiger charge is 2.24. The van der Waals surface area contributed by atoms with Gasteiger partial charge in [0.25, 0.3) is 5.91 Å². The van der Waals surface area contributed by atoms with Crippen molar-refractivity contribution in [3.05, 3.63) is 24.0 Å². The van der Waals surface area contributed by atoms with Crippen LogP contribution in [-0.2, 0) is 0 Å². The largest absolute Gasteiger partial charge is 0.494 e. The van der Waals surface area contributed by atoms with Crippen molar-refractivity contribution in [1.29, 1.82) is 0 Å². The number of carbonyl (C=O) groups excluding carboxylic acids is 1. The number of hydrogen-bond acceptors (Lipinski definition) is 4. The summed E-state index contributed by atoms with van der Waals surface area (Å²) in [5.41, 5.74) is 0.527. The number of likely N-dealkylation sites (tertiary alicyclic amines) is 1. The van der Waals surface area contributed by atoms with Crippen molar-refractivity contribution in [1.82, 2.24) is 9.88 Å². The number of aliphatic hydroxyl groups excluding tert-OH is 1. The van der Waals surface area contributed by atoms with Crippen LogP contribution in [0.3, 0.4) is 0 Å². The second-order valence-corrected chi connectivity index (χ2v) is 4.10. The first-order valence-corrected chi connectivity index (χ1v) is 5.67. The fraction of sp³-hybridized carbons (Fsp3) is 0.500. The molecule has 0 radical (unpaired) electrons. The molecule has 1 aromatic rings. The molecule has 5 nitrogen and oxygen atoms in total. The Balaban J connectivity index is 2.14. The Morgan fingerprint density at radius 1 is 1.53 bits per heavy atom. The van der Waals surface area contributed by atoms with E-state index in [0.717, 1.165) is 0 Å². The van der Waals surface area contributed by atoms with Gasteiger partial charge >= 0.3 is 0 Å². The number of pyridine rings is 1. The molecule has 2 rings (SSSR count). The molecule has 1 saturated heterocycles. The lowest BCUT2D eigenvalue weighted by molar-refractivity contribution is 0.0544. The topological polar surface area (TPSA) is 62.7 Å². The molecule has 5 heteroatoms. The Hall–Kier alpha value is -1.62. The normalized spacial score (nSPS) is 16.9. The Morgan fingerprint density at radius 3 is 2.88 bits per heavy atom. The molecule has 0 aromatic carbocycles. The van der Waals surface area contributed by atoms with E-state index >= 15 is 0 Å². The molecule has 0 atom stereocenters. The van der Waals surface area contributed by atoms with E-state index < -0.39 is 0 Å². The van der Waals surface area contributed by atoms with Gasteiger partial charge in [-0.2, -0.15) is 0 Å². The highest BCUT2D eigenvalue weighted by atomic mass is 16.5. The molecule has 0 spiro atoms. The third-order valence-electron chi connectivity index (χ3n) is 2.99. The molecule has 2 heterocycles. The first-order chi connectivity index (χ1) is 8.22. The molecular weight excluding hydrogens is 220 g/mol. The van der Waals surface area contributed by atoms with Crippen LogP contribution in [0.5, 0.6) is 5.75 Å². The van der Waals surface area contributed by atoms with E-state index in [1.807, 2.05) is 0 Å². The van der Waals surface area contributed by atoms with Crippen molar-refractivity contribution >= 4 is 5.91 Å². The molecule has 0 saturated carbocycles. The number of ether oxygens (including phenoxy) is 1. The van der Waals surface area contributed by atoms with Crippen LogP contribution in [0.4, 0.5) is 0 Å². The maximum atomic E-state index is 12.2. The third kappa shape index (κ3) is 2.55. The van der Waals surface area contributed by atoms with Crippen LogP contribution in [0, 0.1) is 0 Å². The van der Waals surface area contributed by atoms with Crippen molar-refractivity contribution in [3.8, 4) is 5.75 Å². The Bertz CT molecular complexity index is 400. The number of aromatic nitrogens is 1. The minimum Gasteiger partial charge on any atom is -0.494 e. The summed E-state index contributed by atoms with van der Waals surface area (Å²) in [6.07, 6.45) is 4.11. The number of methoxy groups -OCH3 is 1. The van der Waals surface area contributed by atoms with Crippen molar-refractivity contribution < 1.29 is 14.6 Å². The average molecular weight is 236 g/mol. The Morgan fingerprint density at radius 2 is 2.24 bits per heavy atom. The van der Waals surface area contributed by atoms with Gasteiger partial charge in [0, 0.05) is 19.3 Å². The lowest BCUT2D eigenvalue weighted by Gasteiger charge is -2.29. The number of piperidine rings is 1. The maximum Gasteiger partial charge on any atom is 0.257 e. The van der Waals surface area contributed by atoms with Gasteiger partial charge in [-0.1, -0.05) is 0 Å². The van der Waals surface area contributed by atoms with Gasteiger partial charge in [-0.15, -0.1) is 0 Å². The molecule has 0 unspecified atom stereocenters. The number of amides is 1. The summed E-state index contributed by atoms with van der Waals surface area (Å²) in [6.45, 7) is 1.18. The minimum atomic E-state index is -0.279. The molecule has 1 aromatic heterocycles. The molecule has 92 valence electrons. The third-order valence-corrected chi connectivity index (χ3v) is 2.99. The van der Waals surface area contributed by atoms with Crippen LogP contribution in [-0.4, -0.2) is 47.2 Å². The van der Waals surface area contributed by atoms with Crippen LogP contribution in [0.1, 0.15) is 23.2 Å². The first-order valence-electron chi connectivity index (χ1n) is 5.67. The molecule has 1 aliphatic heterocycles. The predicted octanol–water partition coefficient (Wildman–Crippen LogP) is 0.687. The van der Waals surface area contributed by atoms with E-state index in [1.54, 1.807) is 17.2 Å². The van der Waals surface area contributed by atoms with Crippen LogP contribution < -0.4 is 4.74 Å². The average Bonchev–Trinajstić information content (AvgIpc) is 2.39. The quantitative estimate of drug-likeness (QED) is 0.820. The first kappa shape index (κ1) is 11.9.